The van der Waals surface area contributed by atoms with Crippen molar-refractivity contribution < 1.29 is 3.89 Å². The molecule has 0 aromatic heterocycles. The lowest BCUT2D eigenvalue weighted by Crippen LogP contribution is -1.80. The first-order chi connectivity index (χ1) is 4.83. The zero-order valence-electron chi connectivity index (χ0n) is 4.97. The van der Waals surface area contributed by atoms with Crippen LogP contribution in [0.2, 0.25) is 0 Å². The van der Waals surface area contributed by atoms with E-state index in [0.29, 0.717) is 0 Å². The number of hydrogen-bond acceptors (Lipinski definition) is 2. The van der Waals surface area contributed by atoms with Crippen LogP contribution >= 0.6 is 28.3 Å². The maximum atomic E-state index is 11.6. The van der Waals surface area contributed by atoms with Gasteiger partial charge in [-0.3, -0.25) is 0 Å². The van der Waals surface area contributed by atoms with E-state index in [1.807, 2.05) is 12.1 Å². The maximum Gasteiger partial charge on any atom is 0.162 e. The minimum absolute atomic E-state index is 0.0953. The first kappa shape index (κ1) is 7.88. The van der Waals surface area contributed by atoms with Crippen LogP contribution in [0.3, 0.4) is 0 Å². The standard InChI is InChI=1S/C6H5BrFNS/c7-5-1-3-6(4-2-5)9-10-8/h1-4,9H. The lowest BCUT2D eigenvalue weighted by atomic mass is 10.3. The monoisotopic (exact) mass is 221 g/mol. The van der Waals surface area contributed by atoms with Gasteiger partial charge in [0.05, 0.1) is 0 Å². The molecule has 0 aliphatic rings. The molecule has 0 saturated heterocycles. The van der Waals surface area contributed by atoms with Gasteiger partial charge in [0.15, 0.2) is 12.3 Å². The van der Waals surface area contributed by atoms with Crippen LogP contribution in [0.15, 0.2) is 28.7 Å². The Morgan fingerprint density at radius 1 is 1.30 bits per heavy atom. The summed E-state index contributed by atoms with van der Waals surface area (Å²) in [4.78, 5) is 0. The average Bonchev–Trinajstić information content (AvgIpc) is 1.95. The Hall–Kier alpha value is -0.220. The molecule has 1 aromatic carbocycles. The summed E-state index contributed by atoms with van der Waals surface area (Å²) >= 11 is 3.36. The molecule has 0 fully saturated rings. The van der Waals surface area contributed by atoms with Crippen LogP contribution in [0, 0.1) is 0 Å². The summed E-state index contributed by atoms with van der Waals surface area (Å²) in [7, 11) is 0. The number of halogens is 2. The molecule has 0 spiro atoms. The fourth-order valence-electron chi connectivity index (χ4n) is 0.562. The van der Waals surface area contributed by atoms with Crippen molar-refractivity contribution in [2.75, 3.05) is 4.72 Å². The molecule has 0 bridgehead atoms. The molecular weight excluding hydrogens is 217 g/mol. The molecule has 0 amide bonds. The molecule has 0 heterocycles. The van der Waals surface area contributed by atoms with Gasteiger partial charge in [-0.1, -0.05) is 15.9 Å². The molecule has 0 unspecified atom stereocenters. The number of hydrogen-bond donors (Lipinski definition) is 1. The van der Waals surface area contributed by atoms with Crippen LogP contribution in [-0.2, 0) is 0 Å². The van der Waals surface area contributed by atoms with Gasteiger partial charge in [0, 0.05) is 10.2 Å². The van der Waals surface area contributed by atoms with E-state index in [-0.39, 0.29) is 12.3 Å². The van der Waals surface area contributed by atoms with Gasteiger partial charge in [-0.2, -0.15) is 0 Å². The van der Waals surface area contributed by atoms with E-state index < -0.39 is 0 Å². The number of nitrogens with one attached hydrogen (secondary N) is 1. The molecule has 1 rings (SSSR count). The molecular formula is C6H5BrFNS. The van der Waals surface area contributed by atoms with E-state index in [0.717, 1.165) is 10.2 Å². The van der Waals surface area contributed by atoms with Crippen molar-refractivity contribution in [1.82, 2.24) is 0 Å². The van der Waals surface area contributed by atoms with E-state index >= 15 is 0 Å². The van der Waals surface area contributed by atoms with Crippen molar-refractivity contribution in [2.45, 2.75) is 0 Å². The number of rotatable bonds is 2. The zero-order chi connectivity index (χ0) is 7.40. The number of anilines is 1. The molecule has 0 aliphatic carbocycles. The van der Waals surface area contributed by atoms with Gasteiger partial charge < -0.3 is 4.72 Å². The molecule has 0 radical (unpaired) electrons. The Balaban J connectivity index is 2.69. The Kier molecular flexibility index (Phi) is 3.02. The number of benzene rings is 1. The summed E-state index contributed by atoms with van der Waals surface area (Å²) in [5, 5.41) is 0. The van der Waals surface area contributed by atoms with Gasteiger partial charge in [0.1, 0.15) is 0 Å². The van der Waals surface area contributed by atoms with Crippen LogP contribution in [0.25, 0.3) is 0 Å². The Labute approximate surface area is 71.6 Å². The summed E-state index contributed by atoms with van der Waals surface area (Å²) < 4.78 is 15.0. The van der Waals surface area contributed by atoms with Gasteiger partial charge in [-0.15, -0.1) is 3.89 Å². The second-order valence-corrected chi connectivity index (χ2v) is 2.96. The van der Waals surface area contributed by atoms with Crippen LogP contribution < -0.4 is 4.72 Å². The van der Waals surface area contributed by atoms with Gasteiger partial charge in [-0.25, -0.2) is 0 Å². The van der Waals surface area contributed by atoms with Crippen molar-refractivity contribution in [3.8, 4) is 0 Å². The van der Waals surface area contributed by atoms with E-state index in [1.54, 1.807) is 12.1 Å². The van der Waals surface area contributed by atoms with Gasteiger partial charge in [0.2, 0.25) is 0 Å². The lowest BCUT2D eigenvalue weighted by molar-refractivity contribution is 0.943. The van der Waals surface area contributed by atoms with Gasteiger partial charge >= 0.3 is 0 Å². The van der Waals surface area contributed by atoms with E-state index in [4.69, 9.17) is 0 Å². The Morgan fingerprint density at radius 3 is 2.40 bits per heavy atom. The molecule has 10 heavy (non-hydrogen) atoms. The minimum atomic E-state index is 0.0953. The molecule has 1 N–H and O–H groups in total. The highest BCUT2D eigenvalue weighted by Gasteiger charge is 1.89. The molecule has 0 saturated carbocycles. The Bertz CT molecular complexity index is 201. The predicted molar refractivity (Wildman–Crippen MR) is 46.5 cm³/mol. The SMILES string of the molecule is FSNc1ccc(Br)cc1. The third-order valence-electron chi connectivity index (χ3n) is 1.00. The predicted octanol–water partition coefficient (Wildman–Crippen LogP) is 3.39. The molecule has 0 aliphatic heterocycles. The summed E-state index contributed by atoms with van der Waals surface area (Å²) in [6.45, 7) is 0. The van der Waals surface area contributed by atoms with E-state index in [9.17, 15) is 3.89 Å². The van der Waals surface area contributed by atoms with Crippen molar-refractivity contribution in [1.29, 1.82) is 0 Å². The normalized spacial score (nSPS) is 9.40. The van der Waals surface area contributed by atoms with Crippen LogP contribution in [0.4, 0.5) is 9.57 Å². The second kappa shape index (κ2) is 3.83. The summed E-state index contributed by atoms with van der Waals surface area (Å²) in [6, 6.07) is 7.27. The molecule has 4 heteroatoms. The van der Waals surface area contributed by atoms with Gasteiger partial charge in [0.25, 0.3) is 0 Å². The highest BCUT2D eigenvalue weighted by Crippen LogP contribution is 2.16. The topological polar surface area (TPSA) is 12.0 Å². The lowest BCUT2D eigenvalue weighted by Gasteiger charge is -1.97. The molecule has 1 nitrogen and oxygen atoms in total. The Morgan fingerprint density at radius 2 is 1.90 bits per heavy atom. The van der Waals surface area contributed by atoms with Gasteiger partial charge in [-0.05, 0) is 24.3 Å². The van der Waals surface area contributed by atoms with Crippen molar-refractivity contribution in [2.24, 2.45) is 0 Å². The van der Waals surface area contributed by atoms with Crippen molar-refractivity contribution >= 4 is 34.0 Å². The first-order valence-electron chi connectivity index (χ1n) is 2.62. The fraction of sp³-hybridized carbons (Fsp3) is 0. The fourth-order valence-corrected chi connectivity index (χ4v) is 1.05. The minimum Gasteiger partial charge on any atom is -0.302 e. The summed E-state index contributed by atoms with van der Waals surface area (Å²) in [5.74, 6) is 0. The quantitative estimate of drug-likeness (QED) is 0.769. The third kappa shape index (κ3) is 2.19. The first-order valence-corrected chi connectivity index (χ1v) is 4.13. The smallest absolute Gasteiger partial charge is 0.162 e. The highest BCUT2D eigenvalue weighted by molar-refractivity contribution is 9.10. The third-order valence-corrected chi connectivity index (χ3v) is 1.84. The van der Waals surface area contributed by atoms with Crippen LogP contribution in [0.1, 0.15) is 0 Å². The van der Waals surface area contributed by atoms with E-state index in [2.05, 4.69) is 20.7 Å². The second-order valence-electron chi connectivity index (χ2n) is 1.69. The van der Waals surface area contributed by atoms with Crippen molar-refractivity contribution in [3.63, 3.8) is 0 Å². The summed E-state index contributed by atoms with van der Waals surface area (Å²) in [5.41, 5.74) is 0.760. The molecule has 0 atom stereocenters. The zero-order valence-corrected chi connectivity index (χ0v) is 7.38. The largest absolute Gasteiger partial charge is 0.302 e. The highest BCUT2D eigenvalue weighted by atomic mass is 79.9. The average molecular weight is 222 g/mol. The molecule has 1 aromatic rings. The van der Waals surface area contributed by atoms with E-state index in [1.165, 1.54) is 0 Å². The summed E-state index contributed by atoms with van der Waals surface area (Å²) in [6.07, 6.45) is 0. The van der Waals surface area contributed by atoms with Crippen molar-refractivity contribution in [3.05, 3.63) is 28.7 Å². The molecule has 54 valence electrons. The van der Waals surface area contributed by atoms with Crippen LogP contribution in [0.5, 0.6) is 0 Å². The maximum absolute atomic E-state index is 11.6. The van der Waals surface area contributed by atoms with Crippen LogP contribution in [-0.4, -0.2) is 0 Å².